The minimum atomic E-state index is -0.960. The number of aliphatic carboxylic acids is 1. The summed E-state index contributed by atoms with van der Waals surface area (Å²) in [5.41, 5.74) is 4.60. The van der Waals surface area contributed by atoms with E-state index in [1.807, 2.05) is 35.5 Å². The standard InChI is InChI=1S/C14H13BrN2O2S/c1-17(7-12-8-20-9-16-12)13-4-3-11(15)6-10(13)2-5-14(18)19/h2-6,8-9H,7H2,1H3,(H,18,19)/b5-2+. The molecule has 0 spiro atoms. The molecule has 4 nitrogen and oxygen atoms in total. The summed E-state index contributed by atoms with van der Waals surface area (Å²) in [6.07, 6.45) is 2.74. The van der Waals surface area contributed by atoms with Gasteiger partial charge in [-0.3, -0.25) is 0 Å². The number of anilines is 1. The third-order valence-corrected chi connectivity index (χ3v) is 3.82. The Kier molecular flexibility index (Phi) is 4.92. The van der Waals surface area contributed by atoms with Gasteiger partial charge in [-0.15, -0.1) is 11.3 Å². The van der Waals surface area contributed by atoms with Crippen molar-refractivity contribution < 1.29 is 9.90 Å². The third kappa shape index (κ3) is 3.91. The number of nitrogens with zero attached hydrogens (tertiary/aromatic N) is 2. The van der Waals surface area contributed by atoms with Gasteiger partial charge >= 0.3 is 5.97 Å². The van der Waals surface area contributed by atoms with Crippen molar-refractivity contribution in [1.82, 2.24) is 4.98 Å². The number of benzene rings is 1. The fraction of sp³-hybridized carbons (Fsp3) is 0.143. The maximum atomic E-state index is 10.7. The highest BCUT2D eigenvalue weighted by atomic mass is 79.9. The highest BCUT2D eigenvalue weighted by molar-refractivity contribution is 9.10. The van der Waals surface area contributed by atoms with Gasteiger partial charge in [-0.2, -0.15) is 0 Å². The van der Waals surface area contributed by atoms with E-state index in [0.29, 0.717) is 6.54 Å². The lowest BCUT2D eigenvalue weighted by atomic mass is 10.1. The number of thiazole rings is 1. The Morgan fingerprint density at radius 2 is 2.35 bits per heavy atom. The van der Waals surface area contributed by atoms with Crippen molar-refractivity contribution in [3.8, 4) is 0 Å². The van der Waals surface area contributed by atoms with E-state index in [9.17, 15) is 4.79 Å². The van der Waals surface area contributed by atoms with Crippen molar-refractivity contribution in [2.24, 2.45) is 0 Å². The minimum absolute atomic E-state index is 0.680. The Labute approximate surface area is 129 Å². The molecule has 6 heteroatoms. The van der Waals surface area contributed by atoms with E-state index in [2.05, 4.69) is 20.9 Å². The van der Waals surface area contributed by atoms with E-state index in [1.54, 1.807) is 22.9 Å². The second-order valence-electron chi connectivity index (χ2n) is 4.21. The summed E-state index contributed by atoms with van der Waals surface area (Å²) in [4.78, 5) is 17.0. The topological polar surface area (TPSA) is 53.4 Å². The number of rotatable bonds is 5. The lowest BCUT2D eigenvalue weighted by molar-refractivity contribution is -0.131. The highest BCUT2D eigenvalue weighted by Crippen LogP contribution is 2.26. The molecule has 0 amide bonds. The molecule has 0 radical (unpaired) electrons. The largest absolute Gasteiger partial charge is 0.478 e. The van der Waals surface area contributed by atoms with Gasteiger partial charge in [0.2, 0.25) is 0 Å². The Morgan fingerprint density at radius 3 is 3.00 bits per heavy atom. The van der Waals surface area contributed by atoms with Gasteiger partial charge in [0.1, 0.15) is 0 Å². The fourth-order valence-corrected chi connectivity index (χ4v) is 2.74. The molecule has 0 aliphatic rings. The molecular weight excluding hydrogens is 340 g/mol. The van der Waals surface area contributed by atoms with Crippen molar-refractivity contribution in [3.05, 3.63) is 50.9 Å². The molecule has 0 aliphatic heterocycles. The molecule has 20 heavy (non-hydrogen) atoms. The molecular formula is C14H13BrN2O2S. The number of hydrogen-bond donors (Lipinski definition) is 1. The first kappa shape index (κ1) is 14.7. The van der Waals surface area contributed by atoms with Crippen LogP contribution in [0.1, 0.15) is 11.3 Å². The molecule has 1 aromatic carbocycles. The van der Waals surface area contributed by atoms with Crippen LogP contribution in [-0.2, 0) is 11.3 Å². The van der Waals surface area contributed by atoms with Crippen LogP contribution in [0.2, 0.25) is 0 Å². The van der Waals surface area contributed by atoms with E-state index >= 15 is 0 Å². The van der Waals surface area contributed by atoms with Crippen molar-refractivity contribution >= 4 is 45.0 Å². The molecule has 2 rings (SSSR count). The number of aromatic nitrogens is 1. The number of halogens is 1. The van der Waals surface area contributed by atoms with E-state index in [-0.39, 0.29) is 0 Å². The second-order valence-corrected chi connectivity index (χ2v) is 5.84. The molecule has 1 N–H and O–H groups in total. The summed E-state index contributed by atoms with van der Waals surface area (Å²) < 4.78 is 0.911. The van der Waals surface area contributed by atoms with E-state index in [1.165, 1.54) is 0 Å². The lowest BCUT2D eigenvalue weighted by Crippen LogP contribution is -2.17. The van der Waals surface area contributed by atoms with Gasteiger partial charge in [-0.25, -0.2) is 9.78 Å². The Balaban J connectivity index is 2.27. The van der Waals surface area contributed by atoms with Gasteiger partial charge < -0.3 is 10.0 Å². The van der Waals surface area contributed by atoms with Crippen LogP contribution in [0.3, 0.4) is 0 Å². The molecule has 1 heterocycles. The average Bonchev–Trinajstić information content (AvgIpc) is 2.89. The van der Waals surface area contributed by atoms with Crippen molar-refractivity contribution in [2.75, 3.05) is 11.9 Å². The van der Waals surface area contributed by atoms with Crippen LogP contribution in [0.4, 0.5) is 5.69 Å². The van der Waals surface area contributed by atoms with Crippen LogP contribution < -0.4 is 4.90 Å². The maximum absolute atomic E-state index is 10.7. The van der Waals surface area contributed by atoms with E-state index in [0.717, 1.165) is 27.5 Å². The van der Waals surface area contributed by atoms with Crippen LogP contribution in [-0.4, -0.2) is 23.1 Å². The van der Waals surface area contributed by atoms with Crippen LogP contribution in [0.15, 0.2) is 39.6 Å². The highest BCUT2D eigenvalue weighted by Gasteiger charge is 2.08. The number of carboxylic acid groups (broad SMARTS) is 1. The maximum Gasteiger partial charge on any atom is 0.328 e. The normalized spacial score (nSPS) is 10.9. The van der Waals surface area contributed by atoms with Gasteiger partial charge in [-0.1, -0.05) is 15.9 Å². The van der Waals surface area contributed by atoms with E-state index in [4.69, 9.17) is 5.11 Å². The van der Waals surface area contributed by atoms with Crippen LogP contribution >= 0.6 is 27.3 Å². The molecule has 0 atom stereocenters. The number of hydrogen-bond acceptors (Lipinski definition) is 4. The molecule has 0 unspecified atom stereocenters. The Hall–Kier alpha value is -1.66. The predicted molar refractivity (Wildman–Crippen MR) is 85.0 cm³/mol. The molecule has 0 aliphatic carbocycles. The summed E-state index contributed by atoms with van der Waals surface area (Å²) in [5, 5.41) is 10.8. The molecule has 0 saturated carbocycles. The molecule has 0 fully saturated rings. The SMILES string of the molecule is CN(Cc1cscn1)c1ccc(Br)cc1/C=C/C(=O)O. The second kappa shape index (κ2) is 6.67. The van der Waals surface area contributed by atoms with Gasteiger partial charge in [0.05, 0.1) is 17.7 Å². The zero-order chi connectivity index (χ0) is 14.5. The van der Waals surface area contributed by atoms with Gasteiger partial charge in [-0.05, 0) is 29.8 Å². The number of carbonyl (C=O) groups is 1. The zero-order valence-electron chi connectivity index (χ0n) is 10.8. The summed E-state index contributed by atoms with van der Waals surface area (Å²) in [7, 11) is 1.96. The first-order chi connectivity index (χ1) is 9.56. The average molecular weight is 353 g/mol. The first-order valence-electron chi connectivity index (χ1n) is 5.85. The zero-order valence-corrected chi connectivity index (χ0v) is 13.2. The van der Waals surface area contributed by atoms with Gasteiger partial charge in [0.15, 0.2) is 0 Å². The van der Waals surface area contributed by atoms with E-state index < -0.39 is 5.97 Å². The smallest absolute Gasteiger partial charge is 0.328 e. The molecule has 1 aromatic heterocycles. The van der Waals surface area contributed by atoms with Crippen LogP contribution in [0, 0.1) is 0 Å². The first-order valence-corrected chi connectivity index (χ1v) is 7.58. The third-order valence-electron chi connectivity index (χ3n) is 2.69. The Bertz CT molecular complexity index is 626. The van der Waals surface area contributed by atoms with Crippen molar-refractivity contribution in [1.29, 1.82) is 0 Å². The lowest BCUT2D eigenvalue weighted by Gasteiger charge is -2.20. The molecule has 0 saturated heterocycles. The van der Waals surface area contributed by atoms with Crippen molar-refractivity contribution in [3.63, 3.8) is 0 Å². The van der Waals surface area contributed by atoms with Crippen molar-refractivity contribution in [2.45, 2.75) is 6.54 Å². The van der Waals surface area contributed by atoms with Crippen LogP contribution in [0.5, 0.6) is 0 Å². The monoisotopic (exact) mass is 352 g/mol. The summed E-state index contributed by atoms with van der Waals surface area (Å²) in [5.74, 6) is -0.960. The molecule has 0 bridgehead atoms. The van der Waals surface area contributed by atoms with Gasteiger partial charge in [0, 0.05) is 28.7 Å². The van der Waals surface area contributed by atoms with Gasteiger partial charge in [0.25, 0.3) is 0 Å². The summed E-state index contributed by atoms with van der Waals surface area (Å²) in [6, 6.07) is 5.79. The molecule has 2 aromatic rings. The minimum Gasteiger partial charge on any atom is -0.478 e. The fourth-order valence-electron chi connectivity index (χ4n) is 1.81. The Morgan fingerprint density at radius 1 is 1.55 bits per heavy atom. The number of carboxylic acids is 1. The van der Waals surface area contributed by atoms with Crippen LogP contribution in [0.25, 0.3) is 6.08 Å². The predicted octanol–water partition coefficient (Wildman–Crippen LogP) is 3.64. The summed E-state index contributed by atoms with van der Waals surface area (Å²) in [6.45, 7) is 0.680. The molecule has 104 valence electrons. The quantitative estimate of drug-likeness (QED) is 0.834. The summed E-state index contributed by atoms with van der Waals surface area (Å²) >= 11 is 4.96.